The van der Waals surface area contributed by atoms with Gasteiger partial charge < -0.3 is 4.74 Å². The maximum atomic E-state index is 12.5. The van der Waals surface area contributed by atoms with Crippen LogP contribution < -0.4 is 0 Å². The second-order valence-corrected chi connectivity index (χ2v) is 6.86. The van der Waals surface area contributed by atoms with E-state index in [0.717, 1.165) is 19.3 Å². The number of hydrogen-bond donors (Lipinski definition) is 0. The van der Waals surface area contributed by atoms with Gasteiger partial charge in [-0.3, -0.25) is 4.90 Å². The molecular formula is C17H20N2O2. The van der Waals surface area contributed by atoms with Gasteiger partial charge in [0.25, 0.3) is 0 Å². The smallest absolute Gasteiger partial charge is 0.411 e. The molecule has 0 N–H and O–H groups in total. The number of nitriles is 1. The second kappa shape index (κ2) is 4.77. The zero-order valence-electron chi connectivity index (χ0n) is 12.7. The average Bonchev–Trinajstić information content (AvgIpc) is 2.72. The van der Waals surface area contributed by atoms with Crippen molar-refractivity contribution in [2.24, 2.45) is 0 Å². The molecule has 1 amide bonds. The molecule has 2 aliphatic rings. The van der Waals surface area contributed by atoms with Crippen LogP contribution in [0.1, 0.15) is 56.3 Å². The molecule has 0 spiro atoms. The molecule has 2 heterocycles. The zero-order chi connectivity index (χ0) is 15.2. The highest BCUT2D eigenvalue weighted by molar-refractivity contribution is 5.70. The van der Waals surface area contributed by atoms with Crippen molar-refractivity contribution in [3.05, 3.63) is 34.9 Å². The first-order chi connectivity index (χ1) is 9.89. The van der Waals surface area contributed by atoms with Crippen molar-refractivity contribution in [2.45, 2.75) is 57.7 Å². The topological polar surface area (TPSA) is 53.3 Å². The lowest BCUT2D eigenvalue weighted by molar-refractivity contribution is 0.0125. The molecule has 1 saturated heterocycles. The van der Waals surface area contributed by atoms with Crippen LogP contribution in [0.4, 0.5) is 4.79 Å². The molecular weight excluding hydrogens is 264 g/mol. The highest BCUT2D eigenvalue weighted by atomic mass is 16.6. The van der Waals surface area contributed by atoms with Gasteiger partial charge in [-0.1, -0.05) is 6.07 Å². The standard InChI is InChI=1S/C17H20N2O2/c1-17(2,3)21-16(20)19-13-5-7-15(19)14-6-4-11(10-18)8-12(14)9-13/h4,6,8,13,15H,5,7,9H2,1-3H3. The molecule has 21 heavy (non-hydrogen) atoms. The fourth-order valence-electron chi connectivity index (χ4n) is 3.41. The van der Waals surface area contributed by atoms with E-state index in [-0.39, 0.29) is 18.2 Å². The zero-order valence-corrected chi connectivity index (χ0v) is 12.7. The Bertz CT molecular complexity index is 625. The fourth-order valence-corrected chi connectivity index (χ4v) is 3.41. The largest absolute Gasteiger partial charge is 0.444 e. The molecule has 4 nitrogen and oxygen atoms in total. The summed E-state index contributed by atoms with van der Waals surface area (Å²) in [7, 11) is 0. The van der Waals surface area contributed by atoms with Crippen LogP contribution in [-0.2, 0) is 11.2 Å². The number of benzene rings is 1. The summed E-state index contributed by atoms with van der Waals surface area (Å²) in [6.45, 7) is 5.68. The molecule has 1 aromatic rings. The Kier molecular flexibility index (Phi) is 3.16. The monoisotopic (exact) mass is 284 g/mol. The molecule has 2 atom stereocenters. The molecule has 2 bridgehead atoms. The molecule has 1 aromatic carbocycles. The molecule has 0 aromatic heterocycles. The summed E-state index contributed by atoms with van der Waals surface area (Å²) < 4.78 is 5.55. The van der Waals surface area contributed by atoms with Crippen LogP contribution in [-0.4, -0.2) is 22.6 Å². The minimum Gasteiger partial charge on any atom is -0.444 e. The summed E-state index contributed by atoms with van der Waals surface area (Å²) in [6.07, 6.45) is 2.58. The number of fused-ring (bicyclic) bond motifs is 4. The molecule has 1 fully saturated rings. The Morgan fingerprint density at radius 1 is 1.38 bits per heavy atom. The quantitative estimate of drug-likeness (QED) is 0.732. The molecule has 4 heteroatoms. The maximum Gasteiger partial charge on any atom is 0.411 e. The predicted molar refractivity (Wildman–Crippen MR) is 78.7 cm³/mol. The third-order valence-corrected chi connectivity index (χ3v) is 4.19. The van der Waals surface area contributed by atoms with Crippen molar-refractivity contribution < 1.29 is 9.53 Å². The molecule has 0 radical (unpaired) electrons. The van der Waals surface area contributed by atoms with Crippen LogP contribution in [0, 0.1) is 11.3 Å². The third-order valence-electron chi connectivity index (χ3n) is 4.19. The summed E-state index contributed by atoms with van der Waals surface area (Å²) in [6, 6.07) is 8.29. The van der Waals surface area contributed by atoms with E-state index in [0.29, 0.717) is 5.56 Å². The predicted octanol–water partition coefficient (Wildman–Crippen LogP) is 3.55. The Labute approximate surface area is 125 Å². The summed E-state index contributed by atoms with van der Waals surface area (Å²) in [5.74, 6) is 0. The van der Waals surface area contributed by atoms with Gasteiger partial charge in [-0.25, -0.2) is 4.79 Å². The van der Waals surface area contributed by atoms with Crippen LogP contribution in [0.3, 0.4) is 0 Å². The summed E-state index contributed by atoms with van der Waals surface area (Å²) in [4.78, 5) is 14.4. The van der Waals surface area contributed by atoms with Gasteiger partial charge in [-0.05, 0) is 63.3 Å². The maximum absolute atomic E-state index is 12.5. The van der Waals surface area contributed by atoms with Crippen LogP contribution in [0.5, 0.6) is 0 Å². The lowest BCUT2D eigenvalue weighted by atomic mass is 9.92. The van der Waals surface area contributed by atoms with Crippen LogP contribution in [0.2, 0.25) is 0 Å². The number of carbonyl (C=O) groups is 1. The van der Waals surface area contributed by atoms with Crippen molar-refractivity contribution in [1.82, 2.24) is 4.90 Å². The third kappa shape index (κ3) is 2.49. The van der Waals surface area contributed by atoms with Crippen molar-refractivity contribution in [2.75, 3.05) is 0 Å². The van der Waals surface area contributed by atoms with Gasteiger partial charge >= 0.3 is 6.09 Å². The van der Waals surface area contributed by atoms with Gasteiger partial charge in [-0.15, -0.1) is 0 Å². The van der Waals surface area contributed by atoms with Crippen LogP contribution in [0.25, 0.3) is 0 Å². The first kappa shape index (κ1) is 13.9. The van der Waals surface area contributed by atoms with Crippen molar-refractivity contribution >= 4 is 6.09 Å². The first-order valence-electron chi connectivity index (χ1n) is 7.43. The summed E-state index contributed by atoms with van der Waals surface area (Å²) >= 11 is 0. The molecule has 2 aliphatic heterocycles. The summed E-state index contributed by atoms with van der Waals surface area (Å²) in [5, 5.41) is 9.02. The lowest BCUT2D eigenvalue weighted by Gasteiger charge is -2.37. The van der Waals surface area contributed by atoms with E-state index in [9.17, 15) is 4.79 Å². The van der Waals surface area contributed by atoms with Gasteiger partial charge in [0, 0.05) is 6.04 Å². The van der Waals surface area contributed by atoms with Crippen LogP contribution >= 0.6 is 0 Å². The Hall–Kier alpha value is -2.02. The van der Waals surface area contributed by atoms with E-state index in [1.807, 2.05) is 43.9 Å². The van der Waals surface area contributed by atoms with E-state index in [1.165, 1.54) is 11.1 Å². The molecule has 110 valence electrons. The van der Waals surface area contributed by atoms with Crippen molar-refractivity contribution in [3.8, 4) is 6.07 Å². The fraction of sp³-hybridized carbons (Fsp3) is 0.529. The number of rotatable bonds is 0. The normalized spacial score (nSPS) is 23.4. The Morgan fingerprint density at radius 2 is 2.14 bits per heavy atom. The van der Waals surface area contributed by atoms with Gasteiger partial charge in [0.05, 0.1) is 17.7 Å². The second-order valence-electron chi connectivity index (χ2n) is 6.86. The van der Waals surface area contributed by atoms with Gasteiger partial charge in [0.1, 0.15) is 5.60 Å². The van der Waals surface area contributed by atoms with Gasteiger partial charge in [0.2, 0.25) is 0 Å². The van der Waals surface area contributed by atoms with Gasteiger partial charge in [-0.2, -0.15) is 5.26 Å². The van der Waals surface area contributed by atoms with E-state index >= 15 is 0 Å². The van der Waals surface area contributed by atoms with Gasteiger partial charge in [0.15, 0.2) is 0 Å². The lowest BCUT2D eigenvalue weighted by Crippen LogP contribution is -2.44. The molecule has 2 unspecified atom stereocenters. The van der Waals surface area contributed by atoms with Crippen molar-refractivity contribution in [1.29, 1.82) is 5.26 Å². The van der Waals surface area contributed by atoms with Crippen molar-refractivity contribution in [3.63, 3.8) is 0 Å². The number of nitrogens with zero attached hydrogens (tertiary/aromatic N) is 2. The number of carbonyl (C=O) groups excluding carboxylic acids is 1. The Balaban J connectivity index is 1.91. The summed E-state index contributed by atoms with van der Waals surface area (Å²) in [5.41, 5.74) is 2.61. The SMILES string of the molecule is CC(C)(C)OC(=O)N1C2CCC1c1ccc(C#N)cc1C2. The average molecular weight is 284 g/mol. The molecule has 0 saturated carbocycles. The van der Waals surface area contributed by atoms with E-state index in [4.69, 9.17) is 10.00 Å². The van der Waals surface area contributed by atoms with E-state index < -0.39 is 5.60 Å². The number of amides is 1. The van der Waals surface area contributed by atoms with E-state index in [2.05, 4.69) is 6.07 Å². The molecule has 3 rings (SSSR count). The number of ether oxygens (including phenoxy) is 1. The Morgan fingerprint density at radius 3 is 2.81 bits per heavy atom. The minimum atomic E-state index is -0.471. The molecule has 0 aliphatic carbocycles. The minimum absolute atomic E-state index is 0.0985. The van der Waals surface area contributed by atoms with Crippen LogP contribution in [0.15, 0.2) is 18.2 Å². The first-order valence-corrected chi connectivity index (χ1v) is 7.43. The highest BCUT2D eigenvalue weighted by Gasteiger charge is 2.44. The number of hydrogen-bond acceptors (Lipinski definition) is 3. The van der Waals surface area contributed by atoms with E-state index in [1.54, 1.807) is 0 Å². The highest BCUT2D eigenvalue weighted by Crippen LogP contribution is 2.44.